The molecule has 1 aromatic carbocycles. The van der Waals surface area contributed by atoms with Crippen LogP contribution in [0, 0.1) is 0 Å². The van der Waals surface area contributed by atoms with Gasteiger partial charge in [0.05, 0.1) is 16.6 Å². The summed E-state index contributed by atoms with van der Waals surface area (Å²) in [5.41, 5.74) is 1.94. The first kappa shape index (κ1) is 11.9. The maximum atomic E-state index is 5.37. The molecule has 4 heteroatoms. The molecule has 0 radical (unpaired) electrons. The second-order valence-electron chi connectivity index (χ2n) is 4.80. The van der Waals surface area contributed by atoms with Crippen LogP contribution in [0.25, 0.3) is 11.0 Å². The van der Waals surface area contributed by atoms with Crippen LogP contribution in [0.1, 0.15) is 13.8 Å². The predicted molar refractivity (Wildman–Crippen MR) is 70.3 cm³/mol. The summed E-state index contributed by atoms with van der Waals surface area (Å²) < 4.78 is 7.43. The van der Waals surface area contributed by atoms with E-state index in [1.54, 1.807) is 7.11 Å². The van der Waals surface area contributed by atoms with Crippen LogP contribution in [0.5, 0.6) is 0 Å². The average molecular weight is 233 g/mol. The zero-order valence-corrected chi connectivity index (χ0v) is 10.8. The minimum atomic E-state index is -0.196. The summed E-state index contributed by atoms with van der Waals surface area (Å²) in [6, 6.07) is 8.10. The summed E-state index contributed by atoms with van der Waals surface area (Å²) in [4.78, 5) is 4.55. The van der Waals surface area contributed by atoms with Gasteiger partial charge in [0, 0.05) is 20.7 Å². The molecule has 2 rings (SSSR count). The molecule has 1 heterocycles. The lowest BCUT2D eigenvalue weighted by Gasteiger charge is -2.23. The number of anilines is 1. The van der Waals surface area contributed by atoms with Crippen molar-refractivity contribution in [1.82, 2.24) is 9.55 Å². The lowest BCUT2D eigenvalue weighted by molar-refractivity contribution is 0.0342. The Bertz CT molecular complexity index is 516. The number of nitrogens with zero attached hydrogens (tertiary/aromatic N) is 2. The van der Waals surface area contributed by atoms with E-state index < -0.39 is 0 Å². The van der Waals surface area contributed by atoms with E-state index in [2.05, 4.69) is 20.9 Å². The summed E-state index contributed by atoms with van der Waals surface area (Å²) in [5, 5.41) is 3.32. The van der Waals surface area contributed by atoms with Gasteiger partial charge in [0.25, 0.3) is 0 Å². The zero-order chi connectivity index (χ0) is 12.5. The number of rotatable bonds is 4. The standard InChI is InChI=1S/C13H19N3O/c1-13(2,17-4)9-14-12-15-10-7-5-6-8-11(10)16(12)3/h5-8H,9H2,1-4H3,(H,14,15). The van der Waals surface area contributed by atoms with E-state index in [0.29, 0.717) is 0 Å². The number of benzene rings is 1. The van der Waals surface area contributed by atoms with Crippen molar-refractivity contribution in [2.75, 3.05) is 19.0 Å². The number of methoxy groups -OCH3 is 1. The Hall–Kier alpha value is -1.55. The van der Waals surface area contributed by atoms with Gasteiger partial charge >= 0.3 is 0 Å². The fourth-order valence-corrected chi connectivity index (χ4v) is 1.67. The molecule has 0 fully saturated rings. The van der Waals surface area contributed by atoms with Gasteiger partial charge in [0.15, 0.2) is 0 Å². The number of hydrogen-bond donors (Lipinski definition) is 1. The Morgan fingerprint density at radius 3 is 2.71 bits per heavy atom. The van der Waals surface area contributed by atoms with Crippen LogP contribution in [-0.4, -0.2) is 28.8 Å². The molecule has 0 bridgehead atoms. The van der Waals surface area contributed by atoms with Crippen molar-refractivity contribution in [2.45, 2.75) is 19.4 Å². The van der Waals surface area contributed by atoms with E-state index in [1.807, 2.05) is 39.1 Å². The molecular formula is C13H19N3O. The van der Waals surface area contributed by atoms with Gasteiger partial charge in [-0.15, -0.1) is 0 Å². The Morgan fingerprint density at radius 2 is 2.06 bits per heavy atom. The highest BCUT2D eigenvalue weighted by molar-refractivity contribution is 5.78. The summed E-state index contributed by atoms with van der Waals surface area (Å²) in [6.07, 6.45) is 0. The number of imidazole rings is 1. The maximum Gasteiger partial charge on any atom is 0.203 e. The van der Waals surface area contributed by atoms with Crippen LogP contribution in [0.3, 0.4) is 0 Å². The molecule has 0 atom stereocenters. The van der Waals surface area contributed by atoms with Crippen molar-refractivity contribution in [3.63, 3.8) is 0 Å². The minimum Gasteiger partial charge on any atom is -0.377 e. The number of hydrogen-bond acceptors (Lipinski definition) is 3. The second kappa shape index (κ2) is 4.37. The van der Waals surface area contributed by atoms with Gasteiger partial charge in [-0.3, -0.25) is 0 Å². The van der Waals surface area contributed by atoms with Crippen molar-refractivity contribution in [1.29, 1.82) is 0 Å². The van der Waals surface area contributed by atoms with E-state index in [-0.39, 0.29) is 5.60 Å². The maximum absolute atomic E-state index is 5.37. The molecule has 0 saturated heterocycles. The van der Waals surface area contributed by atoms with Crippen LogP contribution in [-0.2, 0) is 11.8 Å². The molecule has 4 nitrogen and oxygen atoms in total. The first-order valence-corrected chi connectivity index (χ1v) is 5.74. The Labute approximate surface area is 102 Å². The molecule has 0 aliphatic carbocycles. The third-order valence-corrected chi connectivity index (χ3v) is 3.01. The smallest absolute Gasteiger partial charge is 0.203 e. The molecule has 0 aliphatic rings. The van der Waals surface area contributed by atoms with Gasteiger partial charge in [0.2, 0.25) is 5.95 Å². The van der Waals surface area contributed by atoms with Gasteiger partial charge in [-0.25, -0.2) is 4.98 Å². The normalized spacial score (nSPS) is 12.0. The molecule has 0 spiro atoms. The highest BCUT2D eigenvalue weighted by Gasteiger charge is 2.17. The zero-order valence-electron chi connectivity index (χ0n) is 10.8. The minimum absolute atomic E-state index is 0.196. The highest BCUT2D eigenvalue weighted by Crippen LogP contribution is 2.18. The number of aryl methyl sites for hydroxylation is 1. The lowest BCUT2D eigenvalue weighted by Crippen LogP contribution is -2.32. The second-order valence-corrected chi connectivity index (χ2v) is 4.80. The third kappa shape index (κ3) is 2.42. The quantitative estimate of drug-likeness (QED) is 0.881. The highest BCUT2D eigenvalue weighted by atomic mass is 16.5. The lowest BCUT2D eigenvalue weighted by atomic mass is 10.1. The molecule has 2 aromatic rings. The van der Waals surface area contributed by atoms with Crippen molar-refractivity contribution < 1.29 is 4.74 Å². The van der Waals surface area contributed by atoms with E-state index in [1.165, 1.54) is 0 Å². The first-order chi connectivity index (χ1) is 8.03. The third-order valence-electron chi connectivity index (χ3n) is 3.01. The van der Waals surface area contributed by atoms with E-state index in [9.17, 15) is 0 Å². The van der Waals surface area contributed by atoms with Crippen molar-refractivity contribution in [3.05, 3.63) is 24.3 Å². The molecule has 0 aliphatic heterocycles. The summed E-state index contributed by atoms with van der Waals surface area (Å²) in [7, 11) is 3.73. The molecule has 17 heavy (non-hydrogen) atoms. The molecule has 1 aromatic heterocycles. The SMILES string of the molecule is COC(C)(C)CNc1nc2ccccc2n1C. The summed E-state index contributed by atoms with van der Waals surface area (Å²) >= 11 is 0. The first-order valence-electron chi connectivity index (χ1n) is 5.74. The monoisotopic (exact) mass is 233 g/mol. The Kier molecular flexibility index (Phi) is 3.07. The van der Waals surface area contributed by atoms with Crippen LogP contribution >= 0.6 is 0 Å². The van der Waals surface area contributed by atoms with E-state index >= 15 is 0 Å². The average Bonchev–Trinajstić information content (AvgIpc) is 2.65. The van der Waals surface area contributed by atoms with Gasteiger partial charge in [0.1, 0.15) is 0 Å². The number of nitrogens with one attached hydrogen (secondary N) is 1. The van der Waals surface area contributed by atoms with Crippen LogP contribution in [0.15, 0.2) is 24.3 Å². The van der Waals surface area contributed by atoms with Crippen molar-refractivity contribution >= 4 is 17.0 Å². The number of ether oxygens (including phenoxy) is 1. The van der Waals surface area contributed by atoms with Gasteiger partial charge in [-0.05, 0) is 26.0 Å². The topological polar surface area (TPSA) is 39.1 Å². The molecule has 1 N–H and O–H groups in total. The van der Waals surface area contributed by atoms with Crippen LogP contribution in [0.2, 0.25) is 0 Å². The number of fused-ring (bicyclic) bond motifs is 1. The van der Waals surface area contributed by atoms with E-state index in [0.717, 1.165) is 23.5 Å². The Morgan fingerprint density at radius 1 is 1.35 bits per heavy atom. The molecule has 0 saturated carbocycles. The van der Waals surface area contributed by atoms with E-state index in [4.69, 9.17) is 4.74 Å². The van der Waals surface area contributed by atoms with Crippen molar-refractivity contribution in [2.24, 2.45) is 7.05 Å². The Balaban J connectivity index is 2.22. The predicted octanol–water partition coefficient (Wildman–Crippen LogP) is 2.41. The largest absolute Gasteiger partial charge is 0.377 e. The number of para-hydroxylation sites is 2. The van der Waals surface area contributed by atoms with Crippen LogP contribution < -0.4 is 5.32 Å². The molecule has 92 valence electrons. The van der Waals surface area contributed by atoms with Gasteiger partial charge in [-0.2, -0.15) is 0 Å². The number of aromatic nitrogens is 2. The summed E-state index contributed by atoms with van der Waals surface area (Å²) in [5.74, 6) is 0.872. The van der Waals surface area contributed by atoms with Crippen LogP contribution in [0.4, 0.5) is 5.95 Å². The fraction of sp³-hybridized carbons (Fsp3) is 0.462. The van der Waals surface area contributed by atoms with Gasteiger partial charge in [-0.1, -0.05) is 12.1 Å². The molecule has 0 amide bonds. The molecular weight excluding hydrogens is 214 g/mol. The van der Waals surface area contributed by atoms with Gasteiger partial charge < -0.3 is 14.6 Å². The summed E-state index contributed by atoms with van der Waals surface area (Å²) in [6.45, 7) is 4.81. The van der Waals surface area contributed by atoms with Crippen molar-refractivity contribution in [3.8, 4) is 0 Å². The fourth-order valence-electron chi connectivity index (χ4n) is 1.67. The molecule has 0 unspecified atom stereocenters.